The van der Waals surface area contributed by atoms with Gasteiger partial charge in [0.25, 0.3) is 0 Å². The molecule has 0 radical (unpaired) electrons. The molecule has 24 heavy (non-hydrogen) atoms. The molecule has 0 spiro atoms. The fourth-order valence-corrected chi connectivity index (χ4v) is 2.89. The van der Waals surface area contributed by atoms with Gasteiger partial charge in [-0.1, -0.05) is 36.4 Å². The largest absolute Gasteiger partial charge is 0.496 e. The van der Waals surface area contributed by atoms with Crippen LogP contribution in [0.2, 0.25) is 0 Å². The summed E-state index contributed by atoms with van der Waals surface area (Å²) in [5.74, 6) is 1.40. The Hall–Kier alpha value is -2.86. The van der Waals surface area contributed by atoms with Crippen LogP contribution in [-0.4, -0.2) is 25.4 Å². The summed E-state index contributed by atoms with van der Waals surface area (Å²) < 4.78 is 10.7. The molecule has 0 bridgehead atoms. The number of benzene rings is 2. The van der Waals surface area contributed by atoms with Gasteiger partial charge in [-0.05, 0) is 12.1 Å². The van der Waals surface area contributed by atoms with Gasteiger partial charge in [0.15, 0.2) is 0 Å². The predicted octanol–water partition coefficient (Wildman–Crippen LogP) is 4.27. The molecule has 0 saturated carbocycles. The lowest BCUT2D eigenvalue weighted by Crippen LogP contribution is -1.97. The molecule has 0 atom stereocenters. The molecule has 1 aromatic heterocycles. The molecule has 0 fully saturated rings. The first-order chi connectivity index (χ1) is 11.8. The van der Waals surface area contributed by atoms with Gasteiger partial charge in [0.05, 0.1) is 31.7 Å². The van der Waals surface area contributed by atoms with Crippen LogP contribution in [0.5, 0.6) is 11.5 Å². The average molecular weight is 339 g/mol. The molecule has 5 nitrogen and oxygen atoms in total. The number of rotatable bonds is 6. The second-order valence-corrected chi connectivity index (χ2v) is 5.71. The van der Waals surface area contributed by atoms with Gasteiger partial charge in [-0.25, -0.2) is 4.98 Å². The maximum atomic E-state index is 5.34. The lowest BCUT2D eigenvalue weighted by atomic mass is 10.2. The van der Waals surface area contributed by atoms with Crippen molar-refractivity contribution in [2.24, 2.45) is 5.10 Å². The fourth-order valence-electron chi connectivity index (χ4n) is 2.23. The number of anilines is 1. The molecule has 0 amide bonds. The minimum atomic E-state index is 0.698. The van der Waals surface area contributed by atoms with Crippen molar-refractivity contribution in [1.82, 2.24) is 4.98 Å². The number of aromatic nitrogens is 1. The molecule has 0 aliphatic rings. The van der Waals surface area contributed by atoms with Gasteiger partial charge in [0, 0.05) is 10.9 Å². The molecular formula is C18H17N3O2S. The van der Waals surface area contributed by atoms with Crippen LogP contribution >= 0.6 is 11.3 Å². The second-order valence-electron chi connectivity index (χ2n) is 4.85. The van der Waals surface area contributed by atoms with E-state index < -0.39 is 0 Å². The summed E-state index contributed by atoms with van der Waals surface area (Å²) in [6.07, 6.45) is 1.67. The summed E-state index contributed by atoms with van der Waals surface area (Å²) in [6.45, 7) is 0. The Balaban J connectivity index is 1.75. The zero-order valence-corrected chi connectivity index (χ0v) is 14.2. The van der Waals surface area contributed by atoms with E-state index in [1.54, 1.807) is 20.4 Å². The Morgan fingerprint density at radius 2 is 1.71 bits per heavy atom. The van der Waals surface area contributed by atoms with Crippen molar-refractivity contribution >= 4 is 22.7 Å². The van der Waals surface area contributed by atoms with Crippen LogP contribution in [0.4, 0.5) is 5.13 Å². The van der Waals surface area contributed by atoms with E-state index in [0.29, 0.717) is 11.5 Å². The van der Waals surface area contributed by atoms with Crippen LogP contribution in [0.1, 0.15) is 5.56 Å². The van der Waals surface area contributed by atoms with E-state index in [1.807, 2.05) is 53.9 Å². The molecule has 0 saturated heterocycles. The number of ether oxygens (including phenoxy) is 2. The van der Waals surface area contributed by atoms with Gasteiger partial charge in [-0.15, -0.1) is 11.3 Å². The molecular weight excluding hydrogens is 322 g/mol. The van der Waals surface area contributed by atoms with Crippen molar-refractivity contribution in [3.63, 3.8) is 0 Å². The molecule has 3 rings (SSSR count). The summed E-state index contributed by atoms with van der Waals surface area (Å²) in [5, 5.41) is 6.97. The molecule has 0 aliphatic heterocycles. The quantitative estimate of drug-likeness (QED) is 0.538. The average Bonchev–Trinajstić information content (AvgIpc) is 3.11. The van der Waals surface area contributed by atoms with Crippen LogP contribution in [0, 0.1) is 0 Å². The summed E-state index contributed by atoms with van der Waals surface area (Å²) in [4.78, 5) is 4.53. The third kappa shape index (κ3) is 3.55. The molecule has 1 heterocycles. The van der Waals surface area contributed by atoms with Crippen LogP contribution < -0.4 is 14.9 Å². The molecule has 0 unspecified atom stereocenters. The van der Waals surface area contributed by atoms with E-state index in [2.05, 4.69) is 15.5 Å². The lowest BCUT2D eigenvalue weighted by molar-refractivity contribution is 0.393. The van der Waals surface area contributed by atoms with E-state index in [9.17, 15) is 0 Å². The zero-order valence-electron chi connectivity index (χ0n) is 13.4. The first-order valence-corrected chi connectivity index (χ1v) is 8.21. The minimum Gasteiger partial charge on any atom is -0.496 e. The monoisotopic (exact) mass is 339 g/mol. The van der Waals surface area contributed by atoms with Crippen LogP contribution in [0.3, 0.4) is 0 Å². The van der Waals surface area contributed by atoms with E-state index in [0.717, 1.165) is 22.0 Å². The maximum absolute atomic E-state index is 5.34. The number of hydrogen-bond acceptors (Lipinski definition) is 6. The van der Waals surface area contributed by atoms with Crippen LogP contribution in [0.15, 0.2) is 59.0 Å². The van der Waals surface area contributed by atoms with E-state index in [4.69, 9.17) is 9.47 Å². The van der Waals surface area contributed by atoms with Crippen molar-refractivity contribution in [3.8, 4) is 22.8 Å². The van der Waals surface area contributed by atoms with E-state index in [1.165, 1.54) is 11.3 Å². The second kappa shape index (κ2) is 7.61. The van der Waals surface area contributed by atoms with Gasteiger partial charge < -0.3 is 9.47 Å². The third-order valence-corrected chi connectivity index (χ3v) is 4.14. The SMILES string of the molecule is COc1cccc(OC)c1C=NNc1nc(-c2ccccc2)cs1. The standard InChI is InChI=1S/C18H17N3O2S/c1-22-16-9-6-10-17(23-2)14(16)11-19-21-18-20-15(12-24-18)13-7-4-3-5-8-13/h3-12H,1-2H3,(H,20,21). The van der Waals surface area contributed by atoms with Gasteiger partial charge in [0.1, 0.15) is 11.5 Å². The highest BCUT2D eigenvalue weighted by Crippen LogP contribution is 2.27. The Bertz CT molecular complexity index is 809. The first kappa shape index (κ1) is 16.0. The maximum Gasteiger partial charge on any atom is 0.203 e. The van der Waals surface area contributed by atoms with Crippen LogP contribution in [-0.2, 0) is 0 Å². The number of hydrogen-bond donors (Lipinski definition) is 1. The van der Waals surface area contributed by atoms with Crippen molar-refractivity contribution in [3.05, 3.63) is 59.5 Å². The fraction of sp³-hybridized carbons (Fsp3) is 0.111. The lowest BCUT2D eigenvalue weighted by Gasteiger charge is -2.08. The van der Waals surface area contributed by atoms with Crippen LogP contribution in [0.25, 0.3) is 11.3 Å². The van der Waals surface area contributed by atoms with Gasteiger partial charge in [-0.3, -0.25) is 5.43 Å². The third-order valence-electron chi connectivity index (χ3n) is 3.39. The Morgan fingerprint density at radius 1 is 1.00 bits per heavy atom. The Morgan fingerprint density at radius 3 is 2.38 bits per heavy atom. The summed E-state index contributed by atoms with van der Waals surface area (Å²) in [6, 6.07) is 15.6. The number of nitrogens with one attached hydrogen (secondary N) is 1. The number of thiazole rings is 1. The molecule has 0 aliphatic carbocycles. The summed E-state index contributed by atoms with van der Waals surface area (Å²) >= 11 is 1.50. The smallest absolute Gasteiger partial charge is 0.203 e. The number of nitrogens with zero attached hydrogens (tertiary/aromatic N) is 2. The molecule has 122 valence electrons. The Labute approximate surface area is 144 Å². The van der Waals surface area contributed by atoms with Gasteiger partial charge in [0.2, 0.25) is 5.13 Å². The molecule has 6 heteroatoms. The Kier molecular flexibility index (Phi) is 5.08. The summed E-state index contributed by atoms with van der Waals surface area (Å²) in [7, 11) is 3.24. The first-order valence-electron chi connectivity index (χ1n) is 7.33. The highest BCUT2D eigenvalue weighted by molar-refractivity contribution is 7.14. The van der Waals surface area contributed by atoms with Crippen molar-refractivity contribution < 1.29 is 9.47 Å². The van der Waals surface area contributed by atoms with Gasteiger partial charge >= 0.3 is 0 Å². The highest BCUT2D eigenvalue weighted by atomic mass is 32.1. The minimum absolute atomic E-state index is 0.698. The molecule has 1 N–H and O–H groups in total. The van der Waals surface area contributed by atoms with Gasteiger partial charge in [-0.2, -0.15) is 5.10 Å². The highest BCUT2D eigenvalue weighted by Gasteiger charge is 2.07. The van der Waals surface area contributed by atoms with E-state index in [-0.39, 0.29) is 0 Å². The van der Waals surface area contributed by atoms with Crippen molar-refractivity contribution in [2.75, 3.05) is 19.6 Å². The zero-order chi connectivity index (χ0) is 16.8. The normalized spacial score (nSPS) is 10.8. The van der Waals surface area contributed by atoms with E-state index >= 15 is 0 Å². The molecule has 3 aromatic rings. The predicted molar refractivity (Wildman–Crippen MR) is 98.3 cm³/mol. The molecule has 2 aromatic carbocycles. The topological polar surface area (TPSA) is 55.7 Å². The van der Waals surface area contributed by atoms with Crippen molar-refractivity contribution in [1.29, 1.82) is 0 Å². The number of methoxy groups -OCH3 is 2. The summed E-state index contributed by atoms with van der Waals surface area (Å²) in [5.41, 5.74) is 5.73. The van der Waals surface area contributed by atoms with Crippen molar-refractivity contribution in [2.45, 2.75) is 0 Å². The number of hydrazone groups is 1.